The van der Waals surface area contributed by atoms with Crippen LogP contribution in [0.15, 0.2) is 0 Å². The molecule has 0 aromatic heterocycles. The van der Waals surface area contributed by atoms with Crippen molar-refractivity contribution >= 4 is 23.2 Å². The normalized spacial score (nSPS) is 18.2. The lowest BCUT2D eigenvalue weighted by molar-refractivity contribution is -0.132. The van der Waals surface area contributed by atoms with Crippen molar-refractivity contribution in [3.63, 3.8) is 0 Å². The molecule has 0 saturated carbocycles. The van der Waals surface area contributed by atoms with Crippen LogP contribution in [0.3, 0.4) is 0 Å². The molecule has 6 atom stereocenters. The molecule has 0 rings (SSSR count). The fraction of sp³-hybridized carbons (Fsp3) is 1.00. The Morgan fingerprint density at radius 3 is 1.24 bits per heavy atom. The largest absolute Gasteiger partial charge is 0.355 e. The number of ether oxygens (including phenoxy) is 3. The zero-order valence-corrected chi connectivity index (χ0v) is 21.4. The van der Waals surface area contributed by atoms with E-state index in [0.717, 1.165) is 50.7 Å². The predicted molar refractivity (Wildman–Crippen MR) is 127 cm³/mol. The lowest BCUT2D eigenvalue weighted by Gasteiger charge is -2.18. The second-order valence-corrected chi connectivity index (χ2v) is 11.0. The third kappa shape index (κ3) is 21.5. The van der Waals surface area contributed by atoms with Crippen molar-refractivity contribution in [2.24, 2.45) is 23.7 Å². The molecular formula is C24H48Cl2O3. The van der Waals surface area contributed by atoms with Crippen LogP contribution in [-0.2, 0) is 14.2 Å². The number of halogens is 2. The molecule has 0 bridgehead atoms. The van der Waals surface area contributed by atoms with Gasteiger partial charge in [0, 0.05) is 24.0 Å². The first kappa shape index (κ1) is 29.5. The van der Waals surface area contributed by atoms with E-state index >= 15 is 0 Å². The molecular weight excluding hydrogens is 407 g/mol. The minimum absolute atomic E-state index is 0.275. The van der Waals surface area contributed by atoms with Crippen molar-refractivity contribution in [1.82, 2.24) is 0 Å². The van der Waals surface area contributed by atoms with Crippen LogP contribution in [0.4, 0.5) is 0 Å². The Hall–Kier alpha value is 0.460. The highest BCUT2D eigenvalue weighted by Crippen LogP contribution is 2.23. The quantitative estimate of drug-likeness (QED) is 0.106. The van der Waals surface area contributed by atoms with E-state index in [1.165, 1.54) is 25.7 Å². The molecule has 0 aromatic rings. The van der Waals surface area contributed by atoms with Gasteiger partial charge in [0.15, 0.2) is 0 Å². The van der Waals surface area contributed by atoms with E-state index in [4.69, 9.17) is 37.4 Å². The van der Waals surface area contributed by atoms with E-state index in [0.29, 0.717) is 25.4 Å². The van der Waals surface area contributed by atoms with Crippen LogP contribution in [0.5, 0.6) is 0 Å². The van der Waals surface area contributed by atoms with Crippen molar-refractivity contribution in [2.45, 2.75) is 104 Å². The number of hydrogen-bond acceptors (Lipinski definition) is 3. The molecule has 3 nitrogen and oxygen atoms in total. The maximum absolute atomic E-state index is 6.07. The summed E-state index contributed by atoms with van der Waals surface area (Å²) in [7, 11) is 0. The fourth-order valence-electron chi connectivity index (χ4n) is 4.25. The van der Waals surface area contributed by atoms with Gasteiger partial charge >= 0.3 is 0 Å². The molecule has 0 fully saturated rings. The number of hydrogen-bond donors (Lipinski definition) is 0. The summed E-state index contributed by atoms with van der Waals surface area (Å²) in [6.07, 6.45) is 9.22. The summed E-state index contributed by atoms with van der Waals surface area (Å²) in [6, 6.07) is 0. The van der Waals surface area contributed by atoms with Crippen molar-refractivity contribution in [2.75, 3.05) is 26.8 Å². The molecule has 0 aromatic carbocycles. The van der Waals surface area contributed by atoms with Gasteiger partial charge in [-0.15, -0.1) is 23.2 Å². The first-order valence-corrected chi connectivity index (χ1v) is 12.6. The van der Waals surface area contributed by atoms with Gasteiger partial charge in [0.2, 0.25) is 0 Å². The standard InChI is InChI=1S/C24H48Cl2O3/c1-19(13-21(3)15-23(5)25)9-7-11-27-17-29-18-28-12-8-10-20(2)14-22(4)16-24(6)26/h19-24H,7-18H2,1-6H3. The highest BCUT2D eigenvalue weighted by Gasteiger charge is 2.12. The SMILES string of the molecule is CC(Cl)CC(C)CC(C)CCCOCOCOCCCC(C)CC(C)CC(C)Cl. The van der Waals surface area contributed by atoms with Gasteiger partial charge in [-0.1, -0.05) is 27.7 Å². The zero-order valence-electron chi connectivity index (χ0n) is 19.9. The summed E-state index contributed by atoms with van der Waals surface area (Å²) in [4.78, 5) is 0. The Labute approximate surface area is 191 Å². The number of rotatable bonds is 20. The second kappa shape index (κ2) is 19.2. The Morgan fingerprint density at radius 2 is 0.897 bits per heavy atom. The highest BCUT2D eigenvalue weighted by molar-refractivity contribution is 6.20. The molecule has 0 saturated heterocycles. The Balaban J connectivity index is 3.39. The average Bonchev–Trinajstić information content (AvgIpc) is 2.57. The van der Waals surface area contributed by atoms with Crippen LogP contribution in [0.2, 0.25) is 0 Å². The van der Waals surface area contributed by atoms with E-state index in [-0.39, 0.29) is 10.8 Å². The molecule has 0 amide bonds. The fourth-order valence-corrected chi connectivity index (χ4v) is 4.86. The zero-order chi connectivity index (χ0) is 22.1. The van der Waals surface area contributed by atoms with Gasteiger partial charge in [-0.25, -0.2) is 0 Å². The summed E-state index contributed by atoms with van der Waals surface area (Å²) >= 11 is 12.1. The van der Waals surface area contributed by atoms with Crippen LogP contribution in [0.1, 0.15) is 92.9 Å². The first-order chi connectivity index (χ1) is 13.7. The van der Waals surface area contributed by atoms with Crippen LogP contribution in [0, 0.1) is 23.7 Å². The third-order valence-corrected chi connectivity index (χ3v) is 5.72. The summed E-state index contributed by atoms with van der Waals surface area (Å²) < 4.78 is 16.5. The molecule has 0 aliphatic carbocycles. The van der Waals surface area contributed by atoms with Crippen molar-refractivity contribution in [3.8, 4) is 0 Å². The monoisotopic (exact) mass is 454 g/mol. The Morgan fingerprint density at radius 1 is 0.517 bits per heavy atom. The van der Waals surface area contributed by atoms with Gasteiger partial charge < -0.3 is 14.2 Å². The molecule has 0 N–H and O–H groups in total. The van der Waals surface area contributed by atoms with E-state index < -0.39 is 0 Å². The molecule has 5 heteroatoms. The minimum atomic E-state index is 0.275. The lowest BCUT2D eigenvalue weighted by Crippen LogP contribution is -2.10. The van der Waals surface area contributed by atoms with E-state index in [1.54, 1.807) is 0 Å². The Kier molecular flexibility index (Phi) is 19.5. The smallest absolute Gasteiger partial charge is 0.149 e. The molecule has 0 aliphatic heterocycles. The molecule has 0 spiro atoms. The molecule has 0 radical (unpaired) electrons. The first-order valence-electron chi connectivity index (χ1n) is 11.7. The third-order valence-electron chi connectivity index (χ3n) is 5.37. The van der Waals surface area contributed by atoms with Crippen molar-refractivity contribution < 1.29 is 14.2 Å². The maximum atomic E-state index is 6.07. The van der Waals surface area contributed by atoms with Gasteiger partial charge in [0.1, 0.15) is 13.6 Å². The molecule has 0 aliphatic rings. The van der Waals surface area contributed by atoms with E-state index in [9.17, 15) is 0 Å². The molecule has 6 unspecified atom stereocenters. The predicted octanol–water partition coefficient (Wildman–Crippen LogP) is 7.87. The van der Waals surface area contributed by atoms with Gasteiger partial charge in [0.25, 0.3) is 0 Å². The topological polar surface area (TPSA) is 27.7 Å². The average molecular weight is 456 g/mol. The lowest BCUT2D eigenvalue weighted by atomic mass is 9.91. The molecule has 0 heterocycles. The summed E-state index contributed by atoms with van der Waals surface area (Å²) in [6.45, 7) is 15.5. The number of alkyl halides is 2. The van der Waals surface area contributed by atoms with Gasteiger partial charge in [-0.2, -0.15) is 0 Å². The van der Waals surface area contributed by atoms with Crippen LogP contribution in [-0.4, -0.2) is 37.6 Å². The maximum Gasteiger partial charge on any atom is 0.149 e. The van der Waals surface area contributed by atoms with Crippen LogP contribution >= 0.6 is 23.2 Å². The Bertz CT molecular complexity index is 321. The van der Waals surface area contributed by atoms with Gasteiger partial charge in [-0.3, -0.25) is 0 Å². The van der Waals surface area contributed by atoms with E-state index in [1.807, 2.05) is 0 Å². The minimum Gasteiger partial charge on any atom is -0.355 e. The van der Waals surface area contributed by atoms with E-state index in [2.05, 4.69) is 41.5 Å². The summed E-state index contributed by atoms with van der Waals surface area (Å²) in [5.41, 5.74) is 0. The highest BCUT2D eigenvalue weighted by atomic mass is 35.5. The van der Waals surface area contributed by atoms with Crippen molar-refractivity contribution in [1.29, 1.82) is 0 Å². The van der Waals surface area contributed by atoms with Crippen LogP contribution < -0.4 is 0 Å². The summed E-state index contributed by atoms with van der Waals surface area (Å²) in [5.74, 6) is 2.83. The van der Waals surface area contributed by atoms with Gasteiger partial charge in [0.05, 0.1) is 0 Å². The van der Waals surface area contributed by atoms with Crippen LogP contribution in [0.25, 0.3) is 0 Å². The molecule has 29 heavy (non-hydrogen) atoms. The van der Waals surface area contributed by atoms with Gasteiger partial charge in [-0.05, 0) is 88.9 Å². The summed E-state index contributed by atoms with van der Waals surface area (Å²) in [5, 5.41) is 0.550. The molecule has 176 valence electrons. The second-order valence-electron chi connectivity index (χ2n) is 9.47. The van der Waals surface area contributed by atoms with Crippen molar-refractivity contribution in [3.05, 3.63) is 0 Å².